The monoisotopic (exact) mass is 391 g/mol. The molecule has 0 fully saturated rings. The van der Waals surface area contributed by atoms with Crippen molar-refractivity contribution in [3.63, 3.8) is 0 Å². The van der Waals surface area contributed by atoms with E-state index in [1.165, 1.54) is 33.5 Å². The number of carbonyl (C=O) groups is 2. The van der Waals surface area contributed by atoms with Gasteiger partial charge < -0.3 is 24.3 Å². The van der Waals surface area contributed by atoms with Crippen LogP contribution in [0.4, 0.5) is 5.69 Å². The smallest absolute Gasteiger partial charge is 0.338 e. The van der Waals surface area contributed by atoms with Crippen molar-refractivity contribution in [2.45, 2.75) is 4.90 Å². The summed E-state index contributed by atoms with van der Waals surface area (Å²) in [5.41, 5.74) is 0.817. The van der Waals surface area contributed by atoms with Crippen LogP contribution in [-0.4, -0.2) is 46.1 Å². The van der Waals surface area contributed by atoms with Gasteiger partial charge in [0.15, 0.2) is 18.1 Å². The zero-order valence-electron chi connectivity index (χ0n) is 15.5. The lowest BCUT2D eigenvalue weighted by Crippen LogP contribution is -2.21. The van der Waals surface area contributed by atoms with Crippen LogP contribution in [0.1, 0.15) is 10.4 Å². The number of methoxy groups -OCH3 is 3. The van der Waals surface area contributed by atoms with Gasteiger partial charge >= 0.3 is 5.97 Å². The minimum atomic E-state index is -0.678. The zero-order valence-corrected chi connectivity index (χ0v) is 16.3. The highest BCUT2D eigenvalue weighted by Gasteiger charge is 2.18. The van der Waals surface area contributed by atoms with Crippen LogP contribution in [0.5, 0.6) is 17.2 Å². The molecule has 1 amide bonds. The topological polar surface area (TPSA) is 83.1 Å². The van der Waals surface area contributed by atoms with Gasteiger partial charge in [0.25, 0.3) is 5.91 Å². The van der Waals surface area contributed by atoms with E-state index in [2.05, 4.69) is 5.32 Å². The quantitative estimate of drug-likeness (QED) is 0.546. The van der Waals surface area contributed by atoms with Gasteiger partial charge in [0.1, 0.15) is 0 Å². The molecule has 2 rings (SSSR count). The fourth-order valence-corrected chi connectivity index (χ4v) is 2.77. The maximum atomic E-state index is 12.3. The van der Waals surface area contributed by atoms with Crippen LogP contribution < -0.4 is 19.5 Å². The molecule has 8 heteroatoms. The molecule has 0 aliphatic rings. The Morgan fingerprint density at radius 3 is 2.22 bits per heavy atom. The number of esters is 1. The van der Waals surface area contributed by atoms with Crippen molar-refractivity contribution >= 4 is 29.3 Å². The minimum absolute atomic E-state index is 0.182. The molecule has 1 N–H and O–H groups in total. The van der Waals surface area contributed by atoms with Crippen molar-refractivity contribution in [3.8, 4) is 17.2 Å². The van der Waals surface area contributed by atoms with Crippen molar-refractivity contribution in [3.05, 3.63) is 42.0 Å². The van der Waals surface area contributed by atoms with E-state index in [9.17, 15) is 9.59 Å². The van der Waals surface area contributed by atoms with Gasteiger partial charge in [-0.3, -0.25) is 4.79 Å². The Morgan fingerprint density at radius 2 is 1.67 bits per heavy atom. The number of benzene rings is 2. The van der Waals surface area contributed by atoms with Crippen LogP contribution in [0, 0.1) is 0 Å². The highest BCUT2D eigenvalue weighted by atomic mass is 32.2. The molecule has 0 bridgehead atoms. The minimum Gasteiger partial charge on any atom is -0.493 e. The number of rotatable bonds is 8. The van der Waals surface area contributed by atoms with Gasteiger partial charge in [0, 0.05) is 10.6 Å². The standard InChI is InChI=1S/C19H21NO6S/c1-23-15-8-12(9-16(24-2)18(15)25-3)19(22)26-11-17(21)20-13-6-5-7-14(10-13)27-4/h5-10H,11H2,1-4H3,(H,20,21). The molecule has 2 aromatic rings. The Kier molecular flexibility index (Phi) is 7.36. The molecule has 0 aliphatic carbocycles. The molecule has 0 heterocycles. The molecule has 0 saturated carbocycles. The zero-order chi connectivity index (χ0) is 19.8. The average molecular weight is 391 g/mol. The number of thioether (sulfide) groups is 1. The number of amides is 1. The molecular weight excluding hydrogens is 370 g/mol. The predicted molar refractivity (Wildman–Crippen MR) is 103 cm³/mol. The van der Waals surface area contributed by atoms with Gasteiger partial charge in [-0.25, -0.2) is 4.79 Å². The number of ether oxygens (including phenoxy) is 4. The fourth-order valence-electron chi connectivity index (χ4n) is 2.31. The molecule has 2 aromatic carbocycles. The lowest BCUT2D eigenvalue weighted by atomic mass is 10.2. The van der Waals surface area contributed by atoms with E-state index in [4.69, 9.17) is 18.9 Å². The van der Waals surface area contributed by atoms with Crippen LogP contribution in [0.2, 0.25) is 0 Å². The van der Waals surface area contributed by atoms with Crippen LogP contribution in [0.3, 0.4) is 0 Å². The van der Waals surface area contributed by atoms with E-state index in [1.54, 1.807) is 17.8 Å². The van der Waals surface area contributed by atoms with Crippen LogP contribution in [0.25, 0.3) is 0 Å². The third-order valence-electron chi connectivity index (χ3n) is 3.59. The van der Waals surface area contributed by atoms with Crippen molar-refractivity contribution in [2.75, 3.05) is 39.5 Å². The largest absolute Gasteiger partial charge is 0.493 e. The van der Waals surface area contributed by atoms with Crippen LogP contribution >= 0.6 is 11.8 Å². The second-order valence-electron chi connectivity index (χ2n) is 5.27. The summed E-state index contributed by atoms with van der Waals surface area (Å²) in [4.78, 5) is 25.3. The SMILES string of the molecule is COc1cc(C(=O)OCC(=O)Nc2cccc(SC)c2)cc(OC)c1OC. The molecule has 27 heavy (non-hydrogen) atoms. The first-order valence-corrected chi connectivity index (χ1v) is 9.15. The number of hydrogen-bond acceptors (Lipinski definition) is 7. The molecule has 0 spiro atoms. The van der Waals surface area contributed by atoms with E-state index in [1.807, 2.05) is 24.5 Å². The Bertz CT molecular complexity index is 799. The maximum absolute atomic E-state index is 12.3. The van der Waals surface area contributed by atoms with E-state index < -0.39 is 18.5 Å². The lowest BCUT2D eigenvalue weighted by molar-refractivity contribution is -0.119. The summed E-state index contributed by atoms with van der Waals surface area (Å²) < 4.78 is 20.7. The van der Waals surface area contributed by atoms with Gasteiger partial charge in [-0.2, -0.15) is 0 Å². The third kappa shape index (κ3) is 5.30. The molecular formula is C19H21NO6S. The number of hydrogen-bond donors (Lipinski definition) is 1. The van der Waals surface area contributed by atoms with Crippen molar-refractivity contribution < 1.29 is 28.5 Å². The van der Waals surface area contributed by atoms with Crippen molar-refractivity contribution in [2.24, 2.45) is 0 Å². The molecule has 7 nitrogen and oxygen atoms in total. The summed E-state index contributed by atoms with van der Waals surface area (Å²) in [5, 5.41) is 2.69. The van der Waals surface area contributed by atoms with Gasteiger partial charge in [0.2, 0.25) is 5.75 Å². The fraction of sp³-hybridized carbons (Fsp3) is 0.263. The second kappa shape index (κ2) is 9.72. The number of anilines is 1. The maximum Gasteiger partial charge on any atom is 0.338 e. The van der Waals surface area contributed by atoms with Crippen LogP contribution in [-0.2, 0) is 9.53 Å². The molecule has 0 saturated heterocycles. The van der Waals surface area contributed by atoms with Crippen LogP contribution in [0.15, 0.2) is 41.3 Å². The molecule has 0 unspecified atom stereocenters. The van der Waals surface area contributed by atoms with E-state index in [0.717, 1.165) is 4.90 Å². The first-order chi connectivity index (χ1) is 13.0. The lowest BCUT2D eigenvalue weighted by Gasteiger charge is -2.13. The second-order valence-corrected chi connectivity index (χ2v) is 6.15. The van der Waals surface area contributed by atoms with E-state index >= 15 is 0 Å². The van der Waals surface area contributed by atoms with E-state index in [-0.39, 0.29) is 5.56 Å². The normalized spacial score (nSPS) is 10.1. The molecule has 0 atom stereocenters. The summed E-state index contributed by atoms with van der Waals surface area (Å²) in [6, 6.07) is 10.3. The Balaban J connectivity index is 2.03. The number of carbonyl (C=O) groups excluding carboxylic acids is 2. The predicted octanol–water partition coefficient (Wildman–Crippen LogP) is 3.23. The van der Waals surface area contributed by atoms with Gasteiger partial charge in [-0.1, -0.05) is 6.07 Å². The molecule has 0 aliphatic heterocycles. The molecule has 144 valence electrons. The van der Waals surface area contributed by atoms with Gasteiger partial charge in [-0.15, -0.1) is 11.8 Å². The summed E-state index contributed by atoms with van der Waals surface area (Å²) in [6.45, 7) is -0.418. The summed E-state index contributed by atoms with van der Waals surface area (Å²) in [7, 11) is 4.36. The van der Waals surface area contributed by atoms with Crippen molar-refractivity contribution in [1.29, 1.82) is 0 Å². The molecule has 0 radical (unpaired) electrons. The highest BCUT2D eigenvalue weighted by Crippen LogP contribution is 2.38. The third-order valence-corrected chi connectivity index (χ3v) is 4.31. The Hall–Kier alpha value is -2.87. The first-order valence-electron chi connectivity index (χ1n) is 7.93. The Labute approximate surface area is 161 Å². The molecule has 0 aromatic heterocycles. The van der Waals surface area contributed by atoms with Gasteiger partial charge in [0.05, 0.1) is 26.9 Å². The van der Waals surface area contributed by atoms with E-state index in [0.29, 0.717) is 22.9 Å². The van der Waals surface area contributed by atoms with Gasteiger partial charge in [-0.05, 0) is 36.6 Å². The summed E-state index contributed by atoms with van der Waals surface area (Å²) >= 11 is 1.56. The Morgan fingerprint density at radius 1 is 1.00 bits per heavy atom. The summed E-state index contributed by atoms with van der Waals surface area (Å²) in [6.07, 6.45) is 1.94. The number of nitrogens with one attached hydrogen (secondary N) is 1. The van der Waals surface area contributed by atoms with Crippen molar-refractivity contribution in [1.82, 2.24) is 0 Å². The summed E-state index contributed by atoms with van der Waals surface area (Å²) in [5.74, 6) is -0.108. The first kappa shape index (κ1) is 20.4. The highest BCUT2D eigenvalue weighted by molar-refractivity contribution is 7.98. The average Bonchev–Trinajstić information content (AvgIpc) is 2.70.